The van der Waals surface area contributed by atoms with Gasteiger partial charge < -0.3 is 0 Å². The lowest BCUT2D eigenvalue weighted by atomic mass is 9.86. The van der Waals surface area contributed by atoms with E-state index >= 15 is 0 Å². The number of hydrogen-bond donors (Lipinski definition) is 0. The summed E-state index contributed by atoms with van der Waals surface area (Å²) < 4.78 is 0. The predicted molar refractivity (Wildman–Crippen MR) is 83.0 cm³/mol. The number of hydrazone groups is 2. The van der Waals surface area contributed by atoms with Crippen molar-refractivity contribution in [3.63, 3.8) is 0 Å². The molecule has 1 atom stereocenters. The Hall–Kier alpha value is -2.42. The number of nitrogens with zero attached hydrogens (tertiary/aromatic N) is 3. The Balaban J connectivity index is 2.10. The van der Waals surface area contributed by atoms with Crippen molar-refractivity contribution in [1.82, 2.24) is 5.12 Å². The van der Waals surface area contributed by atoms with E-state index in [2.05, 4.69) is 53.5 Å². The van der Waals surface area contributed by atoms with Gasteiger partial charge in [-0.1, -0.05) is 60.7 Å². The van der Waals surface area contributed by atoms with E-state index in [1.807, 2.05) is 31.3 Å². The Morgan fingerprint density at radius 2 is 1.45 bits per heavy atom. The molecule has 0 fully saturated rings. The lowest BCUT2D eigenvalue weighted by Gasteiger charge is -2.26. The molecule has 0 aliphatic carbocycles. The summed E-state index contributed by atoms with van der Waals surface area (Å²) in [4.78, 5) is 0. The molecule has 0 bridgehead atoms. The van der Waals surface area contributed by atoms with Crippen LogP contribution in [0.1, 0.15) is 24.0 Å². The Morgan fingerprint density at radius 3 is 2.10 bits per heavy atom. The molecule has 3 heteroatoms. The molecule has 1 aliphatic rings. The van der Waals surface area contributed by atoms with E-state index in [1.54, 1.807) is 5.12 Å². The minimum absolute atomic E-state index is 0.120. The van der Waals surface area contributed by atoms with E-state index in [9.17, 15) is 0 Å². The van der Waals surface area contributed by atoms with Gasteiger partial charge in [0.15, 0.2) is 0 Å². The number of benzene rings is 2. The molecule has 2 aromatic rings. The second-order valence-electron chi connectivity index (χ2n) is 4.93. The van der Waals surface area contributed by atoms with Gasteiger partial charge in [0.05, 0.1) is 17.3 Å². The average molecular weight is 263 g/mol. The van der Waals surface area contributed by atoms with E-state index < -0.39 is 0 Å². The molecule has 0 saturated heterocycles. The van der Waals surface area contributed by atoms with Crippen LogP contribution in [0.25, 0.3) is 0 Å². The van der Waals surface area contributed by atoms with E-state index in [0.717, 1.165) is 17.0 Å². The first-order valence-corrected chi connectivity index (χ1v) is 6.73. The van der Waals surface area contributed by atoms with E-state index in [1.165, 1.54) is 5.56 Å². The predicted octanol–water partition coefficient (Wildman–Crippen LogP) is 3.50. The summed E-state index contributed by atoms with van der Waals surface area (Å²) >= 11 is 0. The fourth-order valence-corrected chi connectivity index (χ4v) is 2.60. The van der Waals surface area contributed by atoms with Crippen molar-refractivity contribution in [1.29, 1.82) is 0 Å². The Labute approximate surface area is 119 Å². The molecular formula is C17H17N3. The van der Waals surface area contributed by atoms with Crippen LogP contribution in [-0.2, 0) is 0 Å². The van der Waals surface area contributed by atoms with Gasteiger partial charge in [-0.15, -0.1) is 0 Å². The summed E-state index contributed by atoms with van der Waals surface area (Å²) in [6.07, 6.45) is 0. The molecule has 2 aromatic carbocycles. The largest absolute Gasteiger partial charge is 0.188 e. The summed E-state index contributed by atoms with van der Waals surface area (Å²) in [5.41, 5.74) is 4.48. The monoisotopic (exact) mass is 263 g/mol. The fourth-order valence-electron chi connectivity index (χ4n) is 2.60. The molecule has 0 spiro atoms. The third-order valence-corrected chi connectivity index (χ3v) is 3.45. The molecule has 0 radical (unpaired) electrons. The van der Waals surface area contributed by atoms with E-state index in [4.69, 9.17) is 0 Å². The molecule has 20 heavy (non-hydrogen) atoms. The molecule has 1 unspecified atom stereocenters. The maximum Gasteiger partial charge on any atom is 0.0830 e. The number of rotatable bonds is 2. The maximum absolute atomic E-state index is 4.62. The third kappa shape index (κ3) is 2.35. The summed E-state index contributed by atoms with van der Waals surface area (Å²) in [7, 11) is 1.87. The van der Waals surface area contributed by atoms with Crippen LogP contribution in [-0.4, -0.2) is 23.6 Å². The SMILES string of the molecule is CC1=NN(C)N=C(c2ccccc2)C1c1ccccc1. The zero-order valence-corrected chi connectivity index (χ0v) is 11.7. The minimum Gasteiger partial charge on any atom is -0.188 e. The first-order chi connectivity index (χ1) is 9.75. The van der Waals surface area contributed by atoms with Gasteiger partial charge in [-0.25, -0.2) is 0 Å². The van der Waals surface area contributed by atoms with Crippen LogP contribution in [0.15, 0.2) is 70.9 Å². The van der Waals surface area contributed by atoms with Gasteiger partial charge in [0.25, 0.3) is 0 Å². The quantitative estimate of drug-likeness (QED) is 0.815. The molecule has 1 heterocycles. The molecule has 0 N–H and O–H groups in total. The highest BCUT2D eigenvalue weighted by Crippen LogP contribution is 2.26. The first-order valence-electron chi connectivity index (χ1n) is 6.73. The molecular weight excluding hydrogens is 246 g/mol. The zero-order chi connectivity index (χ0) is 13.9. The lowest BCUT2D eigenvalue weighted by molar-refractivity contribution is 0.368. The molecule has 3 rings (SSSR count). The normalized spacial score (nSPS) is 18.5. The van der Waals surface area contributed by atoms with Gasteiger partial charge in [0.2, 0.25) is 0 Å². The fraction of sp³-hybridized carbons (Fsp3) is 0.176. The molecule has 0 saturated carbocycles. The van der Waals surface area contributed by atoms with Gasteiger partial charge in [0, 0.05) is 7.05 Å². The van der Waals surface area contributed by atoms with Crippen LogP contribution in [0.5, 0.6) is 0 Å². The second-order valence-corrected chi connectivity index (χ2v) is 4.93. The molecule has 100 valence electrons. The van der Waals surface area contributed by atoms with Crippen molar-refractivity contribution in [2.24, 2.45) is 10.2 Å². The smallest absolute Gasteiger partial charge is 0.0830 e. The molecule has 3 nitrogen and oxygen atoms in total. The van der Waals surface area contributed by atoms with Crippen LogP contribution in [0.4, 0.5) is 0 Å². The van der Waals surface area contributed by atoms with Gasteiger partial charge in [0.1, 0.15) is 0 Å². The summed E-state index contributed by atoms with van der Waals surface area (Å²) in [6, 6.07) is 20.7. The first kappa shape index (κ1) is 12.6. The highest BCUT2D eigenvalue weighted by atomic mass is 15.7. The second kappa shape index (κ2) is 5.29. The van der Waals surface area contributed by atoms with Crippen LogP contribution < -0.4 is 0 Å². The average Bonchev–Trinajstić information content (AvgIpc) is 2.48. The highest BCUT2D eigenvalue weighted by Gasteiger charge is 2.26. The molecule has 1 aliphatic heterocycles. The topological polar surface area (TPSA) is 28.0 Å². The minimum atomic E-state index is 0.120. The Kier molecular flexibility index (Phi) is 3.33. The van der Waals surface area contributed by atoms with Crippen molar-refractivity contribution >= 4 is 11.4 Å². The molecule has 0 amide bonds. The van der Waals surface area contributed by atoms with Gasteiger partial charge in [-0.05, 0) is 18.1 Å². The van der Waals surface area contributed by atoms with E-state index in [0.29, 0.717) is 0 Å². The van der Waals surface area contributed by atoms with Crippen LogP contribution in [0.3, 0.4) is 0 Å². The van der Waals surface area contributed by atoms with Crippen molar-refractivity contribution in [3.8, 4) is 0 Å². The number of hydrogen-bond acceptors (Lipinski definition) is 3. The van der Waals surface area contributed by atoms with Gasteiger partial charge >= 0.3 is 0 Å². The van der Waals surface area contributed by atoms with Gasteiger partial charge in [-0.3, -0.25) is 0 Å². The van der Waals surface area contributed by atoms with Crippen LogP contribution >= 0.6 is 0 Å². The zero-order valence-electron chi connectivity index (χ0n) is 11.7. The Bertz CT molecular complexity index is 644. The van der Waals surface area contributed by atoms with Crippen LogP contribution in [0, 0.1) is 0 Å². The van der Waals surface area contributed by atoms with Crippen molar-refractivity contribution in [2.75, 3.05) is 7.05 Å². The van der Waals surface area contributed by atoms with Gasteiger partial charge in [-0.2, -0.15) is 15.3 Å². The lowest BCUT2D eigenvalue weighted by Crippen LogP contribution is -2.29. The maximum atomic E-state index is 4.62. The van der Waals surface area contributed by atoms with Crippen molar-refractivity contribution in [3.05, 3.63) is 71.8 Å². The summed E-state index contributed by atoms with van der Waals surface area (Å²) in [5.74, 6) is 0.120. The van der Waals surface area contributed by atoms with Crippen molar-refractivity contribution in [2.45, 2.75) is 12.8 Å². The summed E-state index contributed by atoms with van der Waals surface area (Å²) in [5, 5.41) is 10.8. The van der Waals surface area contributed by atoms with E-state index in [-0.39, 0.29) is 5.92 Å². The third-order valence-electron chi connectivity index (χ3n) is 3.45. The standard InChI is InChI=1S/C17H17N3/c1-13-16(14-9-5-3-6-10-14)17(19-20(2)18-13)15-11-7-4-8-12-15/h3-12,16H,1-2H3. The summed E-state index contributed by atoms with van der Waals surface area (Å²) in [6.45, 7) is 2.06. The Morgan fingerprint density at radius 1 is 0.850 bits per heavy atom. The molecule has 0 aromatic heterocycles. The van der Waals surface area contributed by atoms with Crippen molar-refractivity contribution < 1.29 is 0 Å². The van der Waals surface area contributed by atoms with Crippen LogP contribution in [0.2, 0.25) is 0 Å². The highest BCUT2D eigenvalue weighted by molar-refractivity contribution is 6.19.